The molecule has 2 aliphatic heterocycles. The van der Waals surface area contributed by atoms with E-state index in [0.29, 0.717) is 25.0 Å². The largest absolute Gasteiger partial charge is 0.455 e. The Morgan fingerprint density at radius 2 is 1.56 bits per heavy atom. The van der Waals surface area contributed by atoms with Gasteiger partial charge in [-0.2, -0.15) is 0 Å². The summed E-state index contributed by atoms with van der Waals surface area (Å²) in [7, 11) is 0. The molecule has 1 saturated carbocycles. The molecular formula is C27H34N4O3. The molecule has 2 aromatic carbocycles. The third-order valence-electron chi connectivity index (χ3n) is 7.57. The van der Waals surface area contributed by atoms with Crippen molar-refractivity contribution in [2.45, 2.75) is 31.3 Å². The van der Waals surface area contributed by atoms with Crippen LogP contribution in [0.3, 0.4) is 0 Å². The van der Waals surface area contributed by atoms with Gasteiger partial charge in [-0.15, -0.1) is 0 Å². The molecule has 2 N–H and O–H groups in total. The fourth-order valence-electron chi connectivity index (χ4n) is 5.67. The molecule has 1 amide bonds. The minimum Gasteiger partial charge on any atom is -0.455 e. The lowest BCUT2D eigenvalue weighted by Gasteiger charge is -2.39. The van der Waals surface area contributed by atoms with Crippen LogP contribution in [0.2, 0.25) is 0 Å². The molecule has 3 unspecified atom stereocenters. The number of hydrogen-bond acceptors (Lipinski definition) is 6. The molecule has 0 aromatic heterocycles. The van der Waals surface area contributed by atoms with Gasteiger partial charge in [-0.3, -0.25) is 25.3 Å². The molecule has 0 radical (unpaired) electrons. The summed E-state index contributed by atoms with van der Waals surface area (Å²) in [6.45, 7) is 3.57. The molecular weight excluding hydrogens is 428 g/mol. The second kappa shape index (κ2) is 10.7. The van der Waals surface area contributed by atoms with E-state index in [-0.39, 0.29) is 30.4 Å². The van der Waals surface area contributed by atoms with Gasteiger partial charge in [0.25, 0.3) is 5.91 Å². The number of rotatable bonds is 6. The molecule has 2 saturated heterocycles. The number of carbonyl (C=O) groups excluding carboxylic acids is 2. The molecule has 0 spiro atoms. The minimum absolute atomic E-state index is 0.0925. The Morgan fingerprint density at radius 3 is 2.21 bits per heavy atom. The van der Waals surface area contributed by atoms with Gasteiger partial charge < -0.3 is 9.64 Å². The van der Waals surface area contributed by atoms with Crippen molar-refractivity contribution in [2.24, 2.45) is 11.8 Å². The second-order valence-corrected chi connectivity index (χ2v) is 9.65. The predicted molar refractivity (Wildman–Crippen MR) is 130 cm³/mol. The number of nitrogens with one attached hydrogen (secondary N) is 2. The average molecular weight is 463 g/mol. The molecule has 7 nitrogen and oxygen atoms in total. The molecule has 34 heavy (non-hydrogen) atoms. The van der Waals surface area contributed by atoms with Crippen molar-refractivity contribution in [3.05, 3.63) is 71.8 Å². The highest BCUT2D eigenvalue weighted by molar-refractivity contribution is 5.81. The van der Waals surface area contributed by atoms with Crippen molar-refractivity contribution in [2.75, 3.05) is 39.3 Å². The van der Waals surface area contributed by atoms with E-state index in [0.717, 1.165) is 38.9 Å². The Labute approximate surface area is 201 Å². The first-order valence-electron chi connectivity index (χ1n) is 12.5. The second-order valence-electron chi connectivity index (χ2n) is 9.65. The Kier molecular flexibility index (Phi) is 7.23. The van der Waals surface area contributed by atoms with Crippen LogP contribution in [0.5, 0.6) is 0 Å². The number of ether oxygens (including phenoxy) is 1. The van der Waals surface area contributed by atoms with Crippen molar-refractivity contribution in [1.29, 1.82) is 0 Å². The maximum absolute atomic E-state index is 12.8. The minimum atomic E-state index is -0.217. The number of esters is 1. The van der Waals surface area contributed by atoms with Crippen LogP contribution < -0.4 is 10.9 Å². The van der Waals surface area contributed by atoms with Crippen LogP contribution in [-0.4, -0.2) is 67.0 Å². The number of carbonyl (C=O) groups is 2. The third-order valence-corrected chi connectivity index (χ3v) is 7.57. The first kappa shape index (κ1) is 23.0. The molecule has 0 bridgehead atoms. The summed E-state index contributed by atoms with van der Waals surface area (Å²) in [4.78, 5) is 29.6. The smallest absolute Gasteiger partial charge is 0.309 e. The van der Waals surface area contributed by atoms with E-state index in [1.54, 1.807) is 0 Å². The van der Waals surface area contributed by atoms with Crippen molar-refractivity contribution in [1.82, 2.24) is 20.7 Å². The summed E-state index contributed by atoms with van der Waals surface area (Å²) in [5.74, 6) is 0.0646. The number of benzene rings is 2. The van der Waals surface area contributed by atoms with Crippen LogP contribution >= 0.6 is 0 Å². The van der Waals surface area contributed by atoms with E-state index in [1.165, 1.54) is 11.1 Å². The first-order valence-corrected chi connectivity index (χ1v) is 12.5. The lowest BCUT2D eigenvalue weighted by molar-refractivity contribution is -0.157. The van der Waals surface area contributed by atoms with E-state index in [1.807, 2.05) is 17.0 Å². The SMILES string of the molecule is O=C(OCC(=O)N1CCN(C(c2ccccc2)c2ccccc2)CC1)C1CCC2NNCC2C1. The highest BCUT2D eigenvalue weighted by Gasteiger charge is 2.37. The number of fused-ring (bicyclic) bond motifs is 1. The lowest BCUT2D eigenvalue weighted by Crippen LogP contribution is -2.51. The average Bonchev–Trinajstić information content (AvgIpc) is 3.37. The van der Waals surface area contributed by atoms with Crippen LogP contribution in [-0.2, 0) is 14.3 Å². The fraction of sp³-hybridized carbons (Fsp3) is 0.481. The topological polar surface area (TPSA) is 73.9 Å². The van der Waals surface area contributed by atoms with Gasteiger partial charge in [-0.1, -0.05) is 60.7 Å². The van der Waals surface area contributed by atoms with Crippen molar-refractivity contribution in [3.63, 3.8) is 0 Å². The summed E-state index contributed by atoms with van der Waals surface area (Å²) in [6.07, 6.45) is 2.62. The summed E-state index contributed by atoms with van der Waals surface area (Å²) < 4.78 is 5.47. The summed E-state index contributed by atoms with van der Waals surface area (Å²) >= 11 is 0. The molecule has 2 aromatic rings. The zero-order valence-corrected chi connectivity index (χ0v) is 19.6. The highest BCUT2D eigenvalue weighted by atomic mass is 16.5. The highest BCUT2D eigenvalue weighted by Crippen LogP contribution is 2.32. The summed E-state index contributed by atoms with van der Waals surface area (Å²) in [5, 5.41) is 0. The van der Waals surface area contributed by atoms with Gasteiger partial charge >= 0.3 is 5.97 Å². The summed E-state index contributed by atoms with van der Waals surface area (Å²) in [5.41, 5.74) is 8.97. The number of hydrogen-bond donors (Lipinski definition) is 2. The van der Waals surface area contributed by atoms with Crippen LogP contribution in [0.1, 0.15) is 36.4 Å². The maximum atomic E-state index is 12.8. The number of piperazine rings is 1. The molecule has 180 valence electrons. The Hall–Kier alpha value is -2.74. The number of hydrazine groups is 1. The van der Waals surface area contributed by atoms with Gasteiger partial charge in [0.1, 0.15) is 0 Å². The normalized spacial score (nSPS) is 25.2. The monoisotopic (exact) mass is 462 g/mol. The molecule has 7 heteroatoms. The Bertz CT molecular complexity index is 923. The van der Waals surface area contributed by atoms with Gasteiger partial charge in [-0.05, 0) is 36.3 Å². The standard InChI is InChI=1S/C27H34N4O3/c32-25(19-34-27(33)22-11-12-24-23(17-22)18-28-29-24)30-13-15-31(16-14-30)26(20-7-3-1-4-8-20)21-9-5-2-6-10-21/h1-10,22-24,26,28-29H,11-19H2. The molecule has 3 atom stereocenters. The van der Waals surface area contributed by atoms with E-state index in [2.05, 4.69) is 64.3 Å². The van der Waals surface area contributed by atoms with E-state index in [9.17, 15) is 9.59 Å². The van der Waals surface area contributed by atoms with E-state index < -0.39 is 0 Å². The first-order chi connectivity index (χ1) is 16.7. The molecule has 2 heterocycles. The zero-order valence-electron chi connectivity index (χ0n) is 19.6. The number of amides is 1. The van der Waals surface area contributed by atoms with Gasteiger partial charge in [0.15, 0.2) is 6.61 Å². The Morgan fingerprint density at radius 1 is 0.912 bits per heavy atom. The van der Waals surface area contributed by atoms with E-state index in [4.69, 9.17) is 4.74 Å². The maximum Gasteiger partial charge on any atom is 0.309 e. The van der Waals surface area contributed by atoms with Gasteiger partial charge in [0.05, 0.1) is 12.0 Å². The van der Waals surface area contributed by atoms with Gasteiger partial charge in [0.2, 0.25) is 0 Å². The lowest BCUT2D eigenvalue weighted by atomic mass is 9.79. The number of nitrogens with zero attached hydrogens (tertiary/aromatic N) is 2. The molecule has 1 aliphatic carbocycles. The fourth-order valence-corrected chi connectivity index (χ4v) is 5.67. The van der Waals surface area contributed by atoms with Gasteiger partial charge in [-0.25, -0.2) is 0 Å². The zero-order chi connectivity index (χ0) is 23.3. The van der Waals surface area contributed by atoms with Crippen LogP contribution in [0.25, 0.3) is 0 Å². The van der Waals surface area contributed by atoms with Crippen LogP contribution in [0.15, 0.2) is 60.7 Å². The molecule has 3 fully saturated rings. The van der Waals surface area contributed by atoms with Crippen LogP contribution in [0, 0.1) is 11.8 Å². The van der Waals surface area contributed by atoms with Crippen LogP contribution in [0.4, 0.5) is 0 Å². The van der Waals surface area contributed by atoms with E-state index >= 15 is 0 Å². The summed E-state index contributed by atoms with van der Waals surface area (Å²) in [6, 6.07) is 21.7. The van der Waals surface area contributed by atoms with Crippen molar-refractivity contribution >= 4 is 11.9 Å². The predicted octanol–water partition coefficient (Wildman–Crippen LogP) is 2.36. The van der Waals surface area contributed by atoms with Crippen molar-refractivity contribution < 1.29 is 14.3 Å². The Balaban J connectivity index is 1.14. The molecule has 5 rings (SSSR count). The van der Waals surface area contributed by atoms with Crippen molar-refractivity contribution in [3.8, 4) is 0 Å². The molecule has 3 aliphatic rings. The quantitative estimate of drug-likeness (QED) is 0.642. The third kappa shape index (κ3) is 5.17. The van der Waals surface area contributed by atoms with Gasteiger partial charge in [0, 0.05) is 38.8 Å².